The average molecular weight is 333 g/mol. The Morgan fingerprint density at radius 3 is 2.17 bits per heavy atom. The minimum Gasteiger partial charge on any atom is -0.368 e. The van der Waals surface area contributed by atoms with E-state index in [1.54, 1.807) is 5.48 Å². The van der Waals surface area contributed by atoms with Crippen LogP contribution in [-0.2, 0) is 9.59 Å². The zero-order valence-corrected chi connectivity index (χ0v) is 14.1. The fourth-order valence-electron chi connectivity index (χ4n) is 2.98. The van der Waals surface area contributed by atoms with Crippen LogP contribution in [0, 0.1) is 0 Å². The minimum absolute atomic E-state index is 0.232. The monoisotopic (exact) mass is 333 g/mol. The number of carbonyl (C=O) groups excluding carboxylic acids is 2. The van der Waals surface area contributed by atoms with Gasteiger partial charge < -0.3 is 9.80 Å². The summed E-state index contributed by atoms with van der Waals surface area (Å²) in [5, 5.41) is 8.39. The van der Waals surface area contributed by atoms with E-state index in [-0.39, 0.29) is 11.8 Å². The second-order valence-corrected chi connectivity index (χ2v) is 6.15. The first-order valence-corrected chi connectivity index (χ1v) is 8.71. The molecular weight excluding hydrogens is 306 g/mol. The Kier molecular flexibility index (Phi) is 7.55. The summed E-state index contributed by atoms with van der Waals surface area (Å²) in [5.41, 5.74) is 2.85. The molecule has 1 aliphatic rings. The molecule has 1 saturated heterocycles. The number of hydrogen-bond acceptors (Lipinski definition) is 4. The summed E-state index contributed by atoms with van der Waals surface area (Å²) in [5.74, 6) is -0.113. The number of para-hydroxylation sites is 1. The number of hydroxylamine groups is 1. The third-order valence-electron chi connectivity index (χ3n) is 4.42. The first-order valence-electron chi connectivity index (χ1n) is 8.71. The highest BCUT2D eigenvalue weighted by molar-refractivity contribution is 5.76. The van der Waals surface area contributed by atoms with Gasteiger partial charge in [-0.15, -0.1) is 0 Å². The maximum atomic E-state index is 12.2. The smallest absolute Gasteiger partial charge is 0.243 e. The minimum atomic E-state index is -0.345. The summed E-state index contributed by atoms with van der Waals surface area (Å²) >= 11 is 0. The molecule has 0 spiro atoms. The molecule has 2 N–H and O–H groups in total. The maximum Gasteiger partial charge on any atom is 0.243 e. The fraction of sp³-hybridized carbons (Fsp3) is 0.556. The van der Waals surface area contributed by atoms with Crippen molar-refractivity contribution in [3.8, 4) is 0 Å². The number of rotatable bonds is 8. The quantitative estimate of drug-likeness (QED) is 0.434. The standard InChI is InChI=1S/C18H27N3O3/c22-17(19-24)10-6-1-2-7-11-18(23)21-14-12-20(13-15-21)16-8-4-3-5-9-16/h3-5,8-9,24H,1-2,6-7,10-15H2,(H,19,22). The van der Waals surface area contributed by atoms with E-state index < -0.39 is 0 Å². The van der Waals surface area contributed by atoms with Gasteiger partial charge in [0, 0.05) is 44.7 Å². The van der Waals surface area contributed by atoms with E-state index >= 15 is 0 Å². The Hall–Kier alpha value is -2.08. The molecule has 6 heteroatoms. The molecule has 0 unspecified atom stereocenters. The predicted molar refractivity (Wildman–Crippen MR) is 92.9 cm³/mol. The Morgan fingerprint density at radius 1 is 0.917 bits per heavy atom. The number of unbranched alkanes of at least 4 members (excludes halogenated alkanes) is 3. The van der Waals surface area contributed by atoms with Crippen molar-refractivity contribution in [3.63, 3.8) is 0 Å². The summed E-state index contributed by atoms with van der Waals surface area (Å²) < 4.78 is 0. The van der Waals surface area contributed by atoms with Crippen molar-refractivity contribution in [2.24, 2.45) is 0 Å². The molecule has 2 rings (SSSR count). The Bertz CT molecular complexity index is 514. The van der Waals surface area contributed by atoms with Gasteiger partial charge in [-0.05, 0) is 25.0 Å². The molecule has 24 heavy (non-hydrogen) atoms. The molecule has 2 amide bonds. The molecule has 1 aromatic rings. The third kappa shape index (κ3) is 5.85. The van der Waals surface area contributed by atoms with Crippen molar-refractivity contribution in [1.29, 1.82) is 0 Å². The lowest BCUT2D eigenvalue weighted by Crippen LogP contribution is -2.48. The lowest BCUT2D eigenvalue weighted by molar-refractivity contribution is -0.132. The van der Waals surface area contributed by atoms with Gasteiger partial charge in [0.15, 0.2) is 0 Å². The lowest BCUT2D eigenvalue weighted by Gasteiger charge is -2.36. The predicted octanol–water partition coefficient (Wildman–Crippen LogP) is 2.18. The van der Waals surface area contributed by atoms with Gasteiger partial charge in [-0.1, -0.05) is 31.0 Å². The molecule has 1 heterocycles. The number of piperazine rings is 1. The van der Waals surface area contributed by atoms with E-state index in [1.807, 2.05) is 23.1 Å². The largest absolute Gasteiger partial charge is 0.368 e. The van der Waals surface area contributed by atoms with Crippen molar-refractivity contribution in [3.05, 3.63) is 30.3 Å². The van der Waals surface area contributed by atoms with Crippen LogP contribution in [0.1, 0.15) is 38.5 Å². The SMILES string of the molecule is O=C(CCCCCCC(=O)N1CCN(c2ccccc2)CC1)NO. The molecule has 0 atom stereocenters. The van der Waals surface area contributed by atoms with Gasteiger partial charge in [-0.2, -0.15) is 0 Å². The summed E-state index contributed by atoms with van der Waals surface area (Å²) in [7, 11) is 0. The van der Waals surface area contributed by atoms with Crippen molar-refractivity contribution < 1.29 is 14.8 Å². The van der Waals surface area contributed by atoms with Crippen LogP contribution in [0.4, 0.5) is 5.69 Å². The molecule has 0 aliphatic carbocycles. The zero-order valence-electron chi connectivity index (χ0n) is 14.1. The average Bonchev–Trinajstić information content (AvgIpc) is 2.65. The first kappa shape index (κ1) is 18.3. The van der Waals surface area contributed by atoms with Crippen LogP contribution in [0.15, 0.2) is 30.3 Å². The van der Waals surface area contributed by atoms with Crippen LogP contribution in [0.5, 0.6) is 0 Å². The zero-order chi connectivity index (χ0) is 17.2. The molecule has 0 radical (unpaired) electrons. The topological polar surface area (TPSA) is 72.9 Å². The van der Waals surface area contributed by atoms with Gasteiger partial charge in [-0.3, -0.25) is 14.8 Å². The first-order chi connectivity index (χ1) is 11.7. The van der Waals surface area contributed by atoms with E-state index in [4.69, 9.17) is 5.21 Å². The van der Waals surface area contributed by atoms with E-state index in [2.05, 4.69) is 17.0 Å². The Labute approximate surface area is 143 Å². The van der Waals surface area contributed by atoms with Gasteiger partial charge in [0.1, 0.15) is 0 Å². The molecule has 0 aromatic heterocycles. The summed E-state index contributed by atoms with van der Waals surface area (Å²) in [6.45, 7) is 3.33. The summed E-state index contributed by atoms with van der Waals surface area (Å²) in [4.78, 5) is 27.4. The van der Waals surface area contributed by atoms with Crippen LogP contribution < -0.4 is 10.4 Å². The van der Waals surface area contributed by atoms with E-state index in [1.165, 1.54) is 5.69 Å². The maximum absolute atomic E-state index is 12.2. The van der Waals surface area contributed by atoms with Crippen molar-refractivity contribution >= 4 is 17.5 Å². The fourth-order valence-corrected chi connectivity index (χ4v) is 2.98. The van der Waals surface area contributed by atoms with Crippen LogP contribution in [-0.4, -0.2) is 48.1 Å². The number of carbonyl (C=O) groups is 2. The second-order valence-electron chi connectivity index (χ2n) is 6.15. The highest BCUT2D eigenvalue weighted by atomic mass is 16.5. The molecule has 132 valence electrons. The van der Waals surface area contributed by atoms with Crippen LogP contribution in [0.2, 0.25) is 0 Å². The van der Waals surface area contributed by atoms with E-state index in [0.29, 0.717) is 12.8 Å². The lowest BCUT2D eigenvalue weighted by atomic mass is 10.1. The molecule has 0 saturated carbocycles. The molecule has 1 fully saturated rings. The number of hydrogen-bond donors (Lipinski definition) is 2. The number of nitrogens with one attached hydrogen (secondary N) is 1. The van der Waals surface area contributed by atoms with Gasteiger partial charge >= 0.3 is 0 Å². The molecule has 0 bridgehead atoms. The van der Waals surface area contributed by atoms with Crippen molar-refractivity contribution in [2.45, 2.75) is 38.5 Å². The van der Waals surface area contributed by atoms with Gasteiger partial charge in [-0.25, -0.2) is 5.48 Å². The normalized spacial score (nSPS) is 14.5. The van der Waals surface area contributed by atoms with E-state index in [9.17, 15) is 9.59 Å². The molecule has 6 nitrogen and oxygen atoms in total. The van der Waals surface area contributed by atoms with Crippen LogP contribution >= 0.6 is 0 Å². The Morgan fingerprint density at radius 2 is 1.54 bits per heavy atom. The van der Waals surface area contributed by atoms with Gasteiger partial charge in [0.25, 0.3) is 0 Å². The number of anilines is 1. The molecular formula is C18H27N3O3. The van der Waals surface area contributed by atoms with Crippen LogP contribution in [0.3, 0.4) is 0 Å². The highest BCUT2D eigenvalue weighted by Crippen LogP contribution is 2.16. The molecule has 1 aliphatic heterocycles. The third-order valence-corrected chi connectivity index (χ3v) is 4.42. The van der Waals surface area contributed by atoms with Crippen molar-refractivity contribution in [1.82, 2.24) is 10.4 Å². The number of amides is 2. The van der Waals surface area contributed by atoms with E-state index in [0.717, 1.165) is 51.9 Å². The Balaban J connectivity index is 1.58. The summed E-state index contributed by atoms with van der Waals surface area (Å²) in [6, 6.07) is 10.3. The van der Waals surface area contributed by atoms with Gasteiger partial charge in [0.05, 0.1) is 0 Å². The number of benzene rings is 1. The van der Waals surface area contributed by atoms with Crippen molar-refractivity contribution in [2.75, 3.05) is 31.1 Å². The summed E-state index contributed by atoms with van der Waals surface area (Å²) in [6.07, 6.45) is 4.37. The second kappa shape index (κ2) is 9.93. The van der Waals surface area contributed by atoms with Gasteiger partial charge in [0.2, 0.25) is 11.8 Å². The van der Waals surface area contributed by atoms with Crippen LogP contribution in [0.25, 0.3) is 0 Å². The number of nitrogens with zero attached hydrogens (tertiary/aromatic N) is 2. The highest BCUT2D eigenvalue weighted by Gasteiger charge is 2.20. The molecule has 1 aromatic carbocycles.